The summed E-state index contributed by atoms with van der Waals surface area (Å²) in [5.41, 5.74) is 2.07. The van der Waals surface area contributed by atoms with Crippen LogP contribution in [0.1, 0.15) is 21.6 Å². The SMILES string of the molecule is O=C(NCCc1ccc(Cl)cc1)c1c[nH]c(=O)n1Cc1ccccc1. The lowest BCUT2D eigenvalue weighted by Crippen LogP contribution is -2.30. The molecule has 0 unspecified atom stereocenters. The minimum atomic E-state index is -0.299. The van der Waals surface area contributed by atoms with Crippen LogP contribution in [-0.2, 0) is 13.0 Å². The number of aromatic nitrogens is 2. The number of benzene rings is 2. The summed E-state index contributed by atoms with van der Waals surface area (Å²) in [6, 6.07) is 17.0. The molecule has 0 atom stereocenters. The summed E-state index contributed by atoms with van der Waals surface area (Å²) >= 11 is 5.86. The van der Waals surface area contributed by atoms with E-state index in [1.54, 1.807) is 0 Å². The van der Waals surface area contributed by atoms with E-state index in [-0.39, 0.29) is 11.6 Å². The average molecular weight is 356 g/mol. The lowest BCUT2D eigenvalue weighted by molar-refractivity contribution is 0.0945. The standard InChI is InChI=1S/C19H18ClN3O2/c20-16-8-6-14(7-9-16)10-11-21-18(24)17-12-22-19(25)23(17)13-15-4-2-1-3-5-15/h1-9,12H,10-11,13H2,(H,21,24)(H,22,25). The van der Waals surface area contributed by atoms with Crippen LogP contribution in [0.5, 0.6) is 0 Å². The smallest absolute Gasteiger partial charge is 0.326 e. The Morgan fingerprint density at radius 1 is 1.04 bits per heavy atom. The number of halogens is 1. The Hall–Kier alpha value is -2.79. The van der Waals surface area contributed by atoms with Crippen molar-refractivity contribution in [2.45, 2.75) is 13.0 Å². The highest BCUT2D eigenvalue weighted by Gasteiger charge is 2.14. The van der Waals surface area contributed by atoms with Crippen LogP contribution in [0.15, 0.2) is 65.6 Å². The molecule has 3 aromatic rings. The first-order valence-electron chi connectivity index (χ1n) is 7.98. The number of rotatable bonds is 6. The molecule has 0 fully saturated rings. The minimum Gasteiger partial charge on any atom is -0.350 e. The Kier molecular flexibility index (Phi) is 5.36. The molecule has 0 saturated carbocycles. The van der Waals surface area contributed by atoms with E-state index in [4.69, 9.17) is 11.6 Å². The van der Waals surface area contributed by atoms with Gasteiger partial charge in [-0.15, -0.1) is 0 Å². The molecule has 1 amide bonds. The van der Waals surface area contributed by atoms with Crippen LogP contribution >= 0.6 is 11.6 Å². The first kappa shape index (κ1) is 17.0. The number of aromatic amines is 1. The summed E-state index contributed by atoms with van der Waals surface area (Å²) in [5.74, 6) is -0.275. The summed E-state index contributed by atoms with van der Waals surface area (Å²) in [6.45, 7) is 0.828. The molecule has 2 N–H and O–H groups in total. The summed E-state index contributed by atoms with van der Waals surface area (Å²) in [6.07, 6.45) is 2.14. The second-order valence-electron chi connectivity index (χ2n) is 5.68. The molecular weight excluding hydrogens is 338 g/mol. The van der Waals surface area contributed by atoms with Gasteiger partial charge in [0, 0.05) is 17.8 Å². The zero-order valence-corrected chi connectivity index (χ0v) is 14.3. The van der Waals surface area contributed by atoms with Crippen molar-refractivity contribution in [3.8, 4) is 0 Å². The highest BCUT2D eigenvalue weighted by Crippen LogP contribution is 2.09. The zero-order valence-electron chi connectivity index (χ0n) is 13.5. The number of nitrogens with one attached hydrogen (secondary N) is 2. The monoisotopic (exact) mass is 355 g/mol. The number of carbonyl (C=O) groups is 1. The highest BCUT2D eigenvalue weighted by atomic mass is 35.5. The quantitative estimate of drug-likeness (QED) is 0.714. The number of imidazole rings is 1. The predicted molar refractivity (Wildman–Crippen MR) is 98.1 cm³/mol. The summed E-state index contributed by atoms with van der Waals surface area (Å²) in [4.78, 5) is 27.0. The largest absolute Gasteiger partial charge is 0.350 e. The third-order valence-electron chi connectivity index (χ3n) is 3.90. The lowest BCUT2D eigenvalue weighted by atomic mass is 10.1. The summed E-state index contributed by atoms with van der Waals surface area (Å²) in [7, 11) is 0. The number of hydrogen-bond acceptors (Lipinski definition) is 2. The highest BCUT2D eigenvalue weighted by molar-refractivity contribution is 6.30. The van der Waals surface area contributed by atoms with E-state index in [1.165, 1.54) is 10.8 Å². The zero-order chi connectivity index (χ0) is 17.6. The molecule has 0 aliphatic heterocycles. The number of H-pyrrole nitrogens is 1. The van der Waals surface area contributed by atoms with Crippen molar-refractivity contribution in [1.29, 1.82) is 0 Å². The molecule has 2 aromatic carbocycles. The molecule has 0 saturated heterocycles. The second kappa shape index (κ2) is 7.85. The Bertz CT molecular complexity index is 898. The molecule has 0 spiro atoms. The van der Waals surface area contributed by atoms with Crippen LogP contribution in [0.25, 0.3) is 0 Å². The van der Waals surface area contributed by atoms with Gasteiger partial charge in [0.25, 0.3) is 5.91 Å². The predicted octanol–water partition coefficient (Wildman–Crippen LogP) is 2.85. The maximum atomic E-state index is 12.4. The summed E-state index contributed by atoms with van der Waals surface area (Å²) in [5, 5.41) is 3.54. The van der Waals surface area contributed by atoms with Crippen molar-refractivity contribution in [2.75, 3.05) is 6.54 Å². The number of carbonyl (C=O) groups excluding carboxylic acids is 1. The van der Waals surface area contributed by atoms with Crippen LogP contribution in [0.3, 0.4) is 0 Å². The van der Waals surface area contributed by atoms with Gasteiger partial charge >= 0.3 is 5.69 Å². The molecule has 128 valence electrons. The van der Waals surface area contributed by atoms with Crippen LogP contribution in [0.4, 0.5) is 0 Å². The Morgan fingerprint density at radius 3 is 2.48 bits per heavy atom. The second-order valence-corrected chi connectivity index (χ2v) is 6.12. The topological polar surface area (TPSA) is 66.9 Å². The van der Waals surface area contributed by atoms with Crippen molar-refractivity contribution >= 4 is 17.5 Å². The van der Waals surface area contributed by atoms with Crippen LogP contribution in [0, 0.1) is 0 Å². The molecule has 25 heavy (non-hydrogen) atoms. The van der Waals surface area contributed by atoms with E-state index < -0.39 is 0 Å². The Balaban J connectivity index is 1.64. The van der Waals surface area contributed by atoms with Gasteiger partial charge in [0.2, 0.25) is 0 Å². The fraction of sp³-hybridized carbons (Fsp3) is 0.158. The van der Waals surface area contributed by atoms with Crippen molar-refractivity contribution < 1.29 is 4.79 Å². The molecule has 5 nitrogen and oxygen atoms in total. The molecule has 0 bridgehead atoms. The van der Waals surface area contributed by atoms with Crippen molar-refractivity contribution in [3.05, 3.63) is 93.1 Å². The Labute approximate surface area is 150 Å². The number of nitrogens with zero attached hydrogens (tertiary/aromatic N) is 1. The van der Waals surface area contributed by atoms with Gasteiger partial charge in [0.15, 0.2) is 0 Å². The Morgan fingerprint density at radius 2 is 1.76 bits per heavy atom. The molecule has 1 aromatic heterocycles. The van der Waals surface area contributed by atoms with E-state index in [0.29, 0.717) is 30.2 Å². The molecule has 1 heterocycles. The third kappa shape index (κ3) is 4.39. The van der Waals surface area contributed by atoms with E-state index >= 15 is 0 Å². The van der Waals surface area contributed by atoms with Gasteiger partial charge in [-0.1, -0.05) is 54.1 Å². The third-order valence-corrected chi connectivity index (χ3v) is 4.15. The van der Waals surface area contributed by atoms with Gasteiger partial charge in [0.05, 0.1) is 6.54 Å². The van der Waals surface area contributed by atoms with Crippen LogP contribution in [-0.4, -0.2) is 22.0 Å². The number of hydrogen-bond donors (Lipinski definition) is 2. The fourth-order valence-electron chi connectivity index (χ4n) is 2.57. The molecular formula is C19H18ClN3O2. The van der Waals surface area contributed by atoms with Crippen molar-refractivity contribution in [3.63, 3.8) is 0 Å². The van der Waals surface area contributed by atoms with E-state index in [9.17, 15) is 9.59 Å². The molecule has 3 rings (SSSR count). The molecule has 6 heteroatoms. The van der Waals surface area contributed by atoms with Crippen LogP contribution in [0.2, 0.25) is 5.02 Å². The van der Waals surface area contributed by atoms with Gasteiger partial charge in [0.1, 0.15) is 5.69 Å². The van der Waals surface area contributed by atoms with E-state index in [2.05, 4.69) is 10.3 Å². The maximum absolute atomic E-state index is 12.4. The molecule has 0 aliphatic carbocycles. The fourth-order valence-corrected chi connectivity index (χ4v) is 2.69. The van der Waals surface area contributed by atoms with Crippen LogP contribution < -0.4 is 11.0 Å². The van der Waals surface area contributed by atoms with Crippen molar-refractivity contribution in [1.82, 2.24) is 14.9 Å². The molecule has 0 aliphatic rings. The minimum absolute atomic E-state index is 0.275. The van der Waals surface area contributed by atoms with Gasteiger partial charge in [-0.25, -0.2) is 4.79 Å². The van der Waals surface area contributed by atoms with E-state index in [0.717, 1.165) is 11.1 Å². The van der Waals surface area contributed by atoms with Gasteiger partial charge in [-0.2, -0.15) is 0 Å². The first-order valence-corrected chi connectivity index (χ1v) is 8.36. The average Bonchev–Trinajstić information content (AvgIpc) is 2.98. The van der Waals surface area contributed by atoms with E-state index in [1.807, 2.05) is 54.6 Å². The number of amides is 1. The maximum Gasteiger partial charge on any atom is 0.326 e. The normalized spacial score (nSPS) is 10.6. The molecule has 0 radical (unpaired) electrons. The van der Waals surface area contributed by atoms with Gasteiger partial charge in [-0.05, 0) is 29.7 Å². The van der Waals surface area contributed by atoms with Gasteiger partial charge in [-0.3, -0.25) is 9.36 Å². The summed E-state index contributed by atoms with van der Waals surface area (Å²) < 4.78 is 1.44. The first-order chi connectivity index (χ1) is 12.1. The van der Waals surface area contributed by atoms with Crippen molar-refractivity contribution in [2.24, 2.45) is 0 Å². The van der Waals surface area contributed by atoms with Gasteiger partial charge < -0.3 is 10.3 Å². The lowest BCUT2D eigenvalue weighted by Gasteiger charge is -2.08.